The number of halogens is 2. The van der Waals surface area contributed by atoms with Gasteiger partial charge in [0, 0.05) is 6.07 Å². The number of phenols is 1. The summed E-state index contributed by atoms with van der Waals surface area (Å²) in [5, 5.41) is 21.9. The molecule has 2 N–H and O–H groups in total. The summed E-state index contributed by atoms with van der Waals surface area (Å²) in [6.45, 7) is 0. The average Bonchev–Trinajstić information content (AvgIpc) is 2.84. The van der Waals surface area contributed by atoms with Gasteiger partial charge in [-0.05, 0) is 22.0 Å². The lowest BCUT2D eigenvalue weighted by Crippen LogP contribution is -1.94. The summed E-state index contributed by atoms with van der Waals surface area (Å²) in [6, 6.07) is 2.35. The summed E-state index contributed by atoms with van der Waals surface area (Å²) in [4.78, 5) is 10.7. The standard InChI is InChI=1S/C11H7BrFNO5/c1-18-10-8(13)5(12)2-4(9(10)15)7-3-6(11(16)17)14-19-7/h2-3,15H,1H3,(H,16,17). The molecule has 0 radical (unpaired) electrons. The molecule has 0 fully saturated rings. The van der Waals surface area contributed by atoms with Crippen LogP contribution < -0.4 is 4.74 Å². The van der Waals surface area contributed by atoms with Crippen LogP contribution in [-0.4, -0.2) is 28.4 Å². The van der Waals surface area contributed by atoms with Gasteiger partial charge in [-0.3, -0.25) is 0 Å². The molecule has 2 rings (SSSR count). The van der Waals surface area contributed by atoms with Crippen LogP contribution in [0.5, 0.6) is 11.5 Å². The van der Waals surface area contributed by atoms with Crippen LogP contribution >= 0.6 is 15.9 Å². The summed E-state index contributed by atoms with van der Waals surface area (Å²) in [5.41, 5.74) is -0.265. The maximum atomic E-state index is 13.6. The lowest BCUT2D eigenvalue weighted by Gasteiger charge is -2.09. The Morgan fingerprint density at radius 3 is 2.74 bits per heavy atom. The highest BCUT2D eigenvalue weighted by Crippen LogP contribution is 2.42. The van der Waals surface area contributed by atoms with E-state index in [1.807, 2.05) is 0 Å². The van der Waals surface area contributed by atoms with E-state index in [4.69, 9.17) is 14.4 Å². The highest BCUT2D eigenvalue weighted by Gasteiger charge is 2.22. The van der Waals surface area contributed by atoms with E-state index in [-0.39, 0.29) is 27.2 Å². The van der Waals surface area contributed by atoms with E-state index < -0.39 is 17.5 Å². The second-order valence-corrected chi connectivity index (χ2v) is 4.34. The predicted molar refractivity (Wildman–Crippen MR) is 64.8 cm³/mol. The molecule has 19 heavy (non-hydrogen) atoms. The second kappa shape index (κ2) is 4.88. The number of phenolic OH excluding ortho intramolecular Hbond substituents is 1. The molecule has 0 aliphatic rings. The number of methoxy groups -OCH3 is 1. The molecule has 1 aromatic carbocycles. The third kappa shape index (κ3) is 2.26. The smallest absolute Gasteiger partial charge is 0.358 e. The van der Waals surface area contributed by atoms with Crippen LogP contribution in [0.1, 0.15) is 10.5 Å². The zero-order valence-corrected chi connectivity index (χ0v) is 11.1. The third-order valence-corrected chi connectivity index (χ3v) is 2.93. The number of hydrogen-bond acceptors (Lipinski definition) is 5. The lowest BCUT2D eigenvalue weighted by molar-refractivity contribution is 0.0686. The van der Waals surface area contributed by atoms with Gasteiger partial charge in [0.2, 0.25) is 0 Å². The Balaban J connectivity index is 2.61. The summed E-state index contributed by atoms with van der Waals surface area (Å²) in [6.07, 6.45) is 0. The minimum absolute atomic E-state index is 0.0195. The number of carboxylic acids is 1. The van der Waals surface area contributed by atoms with Gasteiger partial charge in [0.1, 0.15) is 0 Å². The number of carbonyl (C=O) groups is 1. The first-order valence-electron chi connectivity index (χ1n) is 4.91. The molecule has 100 valence electrons. The normalized spacial score (nSPS) is 10.5. The molecule has 2 aromatic rings. The molecule has 1 heterocycles. The van der Waals surface area contributed by atoms with Crippen molar-refractivity contribution >= 4 is 21.9 Å². The number of nitrogens with zero attached hydrogens (tertiary/aromatic N) is 1. The topological polar surface area (TPSA) is 92.8 Å². The van der Waals surface area contributed by atoms with Gasteiger partial charge in [-0.2, -0.15) is 0 Å². The number of rotatable bonds is 3. The fraction of sp³-hybridized carbons (Fsp3) is 0.0909. The average molecular weight is 332 g/mol. The van der Waals surface area contributed by atoms with Crippen molar-refractivity contribution < 1.29 is 28.7 Å². The first-order chi connectivity index (χ1) is 8.95. The van der Waals surface area contributed by atoms with Crippen molar-refractivity contribution in [3.05, 3.63) is 28.1 Å². The summed E-state index contributed by atoms with van der Waals surface area (Å²) >= 11 is 2.96. The van der Waals surface area contributed by atoms with Crippen LogP contribution in [0.3, 0.4) is 0 Å². The molecule has 0 amide bonds. The zero-order valence-electron chi connectivity index (χ0n) is 9.48. The highest BCUT2D eigenvalue weighted by atomic mass is 79.9. The molecule has 0 spiro atoms. The van der Waals surface area contributed by atoms with E-state index in [0.29, 0.717) is 0 Å². The number of carboxylic acid groups (broad SMARTS) is 1. The molecule has 0 aliphatic heterocycles. The van der Waals surface area contributed by atoms with E-state index in [0.717, 1.165) is 6.07 Å². The van der Waals surface area contributed by atoms with Crippen LogP contribution in [0, 0.1) is 5.82 Å². The number of ether oxygens (including phenoxy) is 1. The van der Waals surface area contributed by atoms with Crippen LogP contribution in [0.2, 0.25) is 0 Å². The van der Waals surface area contributed by atoms with Crippen LogP contribution in [0.4, 0.5) is 4.39 Å². The van der Waals surface area contributed by atoms with Gasteiger partial charge in [0.05, 0.1) is 17.1 Å². The lowest BCUT2D eigenvalue weighted by atomic mass is 10.1. The van der Waals surface area contributed by atoms with E-state index in [9.17, 15) is 14.3 Å². The number of benzene rings is 1. The van der Waals surface area contributed by atoms with Crippen LogP contribution in [-0.2, 0) is 0 Å². The van der Waals surface area contributed by atoms with Gasteiger partial charge in [-0.25, -0.2) is 9.18 Å². The van der Waals surface area contributed by atoms with Gasteiger partial charge >= 0.3 is 5.97 Å². The van der Waals surface area contributed by atoms with E-state index in [1.165, 1.54) is 13.2 Å². The number of aromatic nitrogens is 1. The first kappa shape index (κ1) is 13.3. The molecule has 0 bridgehead atoms. The SMILES string of the molecule is COc1c(O)c(-c2cc(C(=O)O)no2)cc(Br)c1F. The monoisotopic (exact) mass is 331 g/mol. The summed E-state index contributed by atoms with van der Waals surface area (Å²) in [5.74, 6) is -2.95. The summed E-state index contributed by atoms with van der Waals surface area (Å²) < 4.78 is 23.2. The van der Waals surface area contributed by atoms with Crippen molar-refractivity contribution in [3.8, 4) is 22.8 Å². The Kier molecular flexibility index (Phi) is 3.43. The largest absolute Gasteiger partial charge is 0.504 e. The van der Waals surface area contributed by atoms with E-state index in [2.05, 4.69) is 21.1 Å². The van der Waals surface area contributed by atoms with Crippen LogP contribution in [0.25, 0.3) is 11.3 Å². The number of aromatic carboxylic acids is 1. The maximum Gasteiger partial charge on any atom is 0.358 e. The molecule has 0 saturated heterocycles. The van der Waals surface area contributed by atoms with Gasteiger partial charge < -0.3 is 19.5 Å². The fourth-order valence-corrected chi connectivity index (χ4v) is 1.88. The van der Waals surface area contributed by atoms with Gasteiger partial charge in [0.15, 0.2) is 28.8 Å². The third-order valence-electron chi connectivity index (χ3n) is 2.35. The molecule has 8 heteroatoms. The van der Waals surface area contributed by atoms with Crippen LogP contribution in [0.15, 0.2) is 21.1 Å². The van der Waals surface area contributed by atoms with E-state index in [1.54, 1.807) is 0 Å². The molecule has 0 unspecified atom stereocenters. The quantitative estimate of drug-likeness (QED) is 0.898. The molecule has 0 saturated carbocycles. The molecular formula is C11H7BrFNO5. The van der Waals surface area contributed by atoms with Gasteiger partial charge in [0.25, 0.3) is 0 Å². The maximum absolute atomic E-state index is 13.6. The highest BCUT2D eigenvalue weighted by molar-refractivity contribution is 9.10. The van der Waals surface area contributed by atoms with Gasteiger partial charge in [-0.15, -0.1) is 0 Å². The minimum atomic E-state index is -1.28. The van der Waals surface area contributed by atoms with Crippen molar-refractivity contribution in [2.75, 3.05) is 7.11 Å². The van der Waals surface area contributed by atoms with Crippen molar-refractivity contribution in [1.29, 1.82) is 0 Å². The van der Waals surface area contributed by atoms with Crippen molar-refractivity contribution in [2.45, 2.75) is 0 Å². The summed E-state index contributed by atoms with van der Waals surface area (Å²) in [7, 11) is 1.19. The van der Waals surface area contributed by atoms with Crippen molar-refractivity contribution in [2.24, 2.45) is 0 Å². The van der Waals surface area contributed by atoms with Crippen molar-refractivity contribution in [1.82, 2.24) is 5.16 Å². The first-order valence-corrected chi connectivity index (χ1v) is 5.70. The Morgan fingerprint density at radius 2 is 2.21 bits per heavy atom. The molecule has 1 aromatic heterocycles. The molecular weight excluding hydrogens is 325 g/mol. The Hall–Kier alpha value is -2.09. The number of aromatic hydroxyl groups is 1. The fourth-order valence-electron chi connectivity index (χ4n) is 1.47. The second-order valence-electron chi connectivity index (χ2n) is 3.48. The van der Waals surface area contributed by atoms with E-state index >= 15 is 0 Å². The zero-order chi connectivity index (χ0) is 14.2. The number of hydrogen-bond donors (Lipinski definition) is 2. The van der Waals surface area contributed by atoms with Crippen molar-refractivity contribution in [3.63, 3.8) is 0 Å². The Labute approximate surface area is 114 Å². The molecule has 0 atom stereocenters. The predicted octanol–water partition coefficient (Wildman–Crippen LogP) is 2.66. The molecule has 0 aliphatic carbocycles. The minimum Gasteiger partial charge on any atom is -0.504 e. The Morgan fingerprint density at radius 1 is 1.53 bits per heavy atom. The van der Waals surface area contributed by atoms with Gasteiger partial charge in [-0.1, -0.05) is 5.16 Å². The Bertz CT molecular complexity index is 655. The molecule has 6 nitrogen and oxygen atoms in total.